The molecule has 0 aliphatic heterocycles. The zero-order chi connectivity index (χ0) is 56.2. The average Bonchev–Trinajstić information content (AvgIpc) is 2.98. The Morgan fingerprint density at radius 3 is 0.833 bits per heavy atom. The van der Waals surface area contributed by atoms with Crippen molar-refractivity contribution < 1.29 is 78.0 Å². The summed E-state index contributed by atoms with van der Waals surface area (Å²) in [5.74, 6) is -5.52. The normalized spacial score (nSPS) is 12.7. The first kappa shape index (κ1) is 57.8. The van der Waals surface area contributed by atoms with Gasteiger partial charge in [-0.15, -0.1) is 0 Å². The number of hydrogen-bond acceptors (Lipinski definition) is 11. The van der Waals surface area contributed by atoms with E-state index in [0.29, 0.717) is 44.0 Å². The number of alkyl halides is 6. The van der Waals surface area contributed by atoms with Crippen LogP contribution in [0.4, 0.5) is 26.3 Å². The molecule has 0 aromatic heterocycles. The minimum absolute atomic E-state index is 0.0582. The summed E-state index contributed by atoms with van der Waals surface area (Å²) in [5.41, 5.74) is -4.69. The summed E-state index contributed by atoms with van der Waals surface area (Å²) in [6.45, 7) is -10.8. The van der Waals surface area contributed by atoms with E-state index in [9.17, 15) is 45.5 Å². The fraction of sp³-hybridized carbons (Fsp3) is 0.138. The molecule has 20 heteroatoms. The molecule has 0 unspecified atom stereocenters. The van der Waals surface area contributed by atoms with E-state index in [0.717, 1.165) is 28.4 Å². The third-order valence-electron chi connectivity index (χ3n) is 13.2. The number of halogens is 6. The fourth-order valence-electron chi connectivity index (χ4n) is 9.46. The van der Waals surface area contributed by atoms with Gasteiger partial charge >= 0.3 is 448 Å². The zero-order valence-corrected chi connectivity index (χ0v) is 44.1. The maximum atomic E-state index is 15.0. The first-order valence-electron chi connectivity index (χ1n) is 23.7. The molecule has 0 amide bonds. The molecule has 0 spiro atoms. The van der Waals surface area contributed by atoms with Crippen LogP contribution >= 0.6 is 13.7 Å². The van der Waals surface area contributed by atoms with Gasteiger partial charge in [0.25, 0.3) is 0 Å². The maximum absolute atomic E-state index is 15.0. The number of benzene rings is 7. The van der Waals surface area contributed by atoms with E-state index < -0.39 is 97.6 Å². The van der Waals surface area contributed by atoms with Gasteiger partial charge in [0.2, 0.25) is 0 Å². The summed E-state index contributed by atoms with van der Waals surface area (Å²) in [5, 5.41) is 1.92. The summed E-state index contributed by atoms with van der Waals surface area (Å²) >= 11 is 0. The monoisotopic (exact) mass is 1110 g/mol. The third-order valence-corrected chi connectivity index (χ3v) is 24.5. The summed E-state index contributed by atoms with van der Waals surface area (Å²) in [4.78, 5) is 54.7. The third kappa shape index (κ3) is 11.1. The topological polar surface area (TPSA) is 133 Å². The summed E-state index contributed by atoms with van der Waals surface area (Å²) < 4.78 is 133. The molecule has 0 saturated heterocycles. The molecule has 0 bridgehead atoms. The Bertz CT molecular complexity index is 2850. The first-order chi connectivity index (χ1) is 37.3. The van der Waals surface area contributed by atoms with Gasteiger partial charge in [-0.2, -0.15) is 0 Å². The van der Waals surface area contributed by atoms with Crippen LogP contribution in [0.1, 0.15) is 11.1 Å². The Balaban J connectivity index is 1.77. The van der Waals surface area contributed by atoms with Gasteiger partial charge in [-0.1, -0.05) is 0 Å². The van der Waals surface area contributed by atoms with Gasteiger partial charge in [0.15, 0.2) is 0 Å². The molecule has 0 N–H and O–H groups in total. The molecule has 7 aromatic rings. The van der Waals surface area contributed by atoms with Crippen LogP contribution in [0.25, 0.3) is 0 Å². The molecule has 0 aliphatic carbocycles. The van der Waals surface area contributed by atoms with E-state index in [-0.39, 0.29) is 6.07 Å². The van der Waals surface area contributed by atoms with Gasteiger partial charge in [0, 0.05) is 0 Å². The molecule has 0 atom stereocenters. The van der Waals surface area contributed by atoms with Crippen molar-refractivity contribution in [2.24, 2.45) is 0 Å². The van der Waals surface area contributed by atoms with Gasteiger partial charge in [-0.25, -0.2) is 0 Å². The molecule has 7 aromatic carbocycles. The molecule has 0 saturated carbocycles. The second kappa shape index (κ2) is 23.8. The number of rotatable bonds is 20. The molecular weight excluding hydrogens is 1060 g/mol. The quantitative estimate of drug-likeness (QED) is 0.0106. The van der Waals surface area contributed by atoms with E-state index >= 15 is 0 Å². The van der Waals surface area contributed by atoms with Gasteiger partial charge in [-0.05, 0) is 0 Å². The minimum atomic E-state index is -5.39. The van der Waals surface area contributed by atoms with Crippen LogP contribution in [0.15, 0.2) is 223 Å². The van der Waals surface area contributed by atoms with Crippen molar-refractivity contribution in [2.75, 3.05) is 40.8 Å². The fourth-order valence-corrected chi connectivity index (χ4v) is 20.3. The molecular formula is C58H51BF6O11P2. The molecule has 0 aliphatic rings. The Kier molecular flexibility index (Phi) is 17.6. The van der Waals surface area contributed by atoms with Crippen molar-refractivity contribution in [3.8, 4) is 5.75 Å². The number of allylic oxidation sites excluding steroid dienone is 2. The summed E-state index contributed by atoms with van der Waals surface area (Å²) in [7, 11) is 1.67. The molecule has 0 heterocycles. The van der Waals surface area contributed by atoms with Crippen LogP contribution in [-0.2, 0) is 59.4 Å². The van der Waals surface area contributed by atoms with E-state index in [2.05, 4.69) is 0 Å². The van der Waals surface area contributed by atoms with Crippen molar-refractivity contribution in [1.29, 1.82) is 0 Å². The zero-order valence-electron chi connectivity index (χ0n) is 42.4. The van der Waals surface area contributed by atoms with Gasteiger partial charge < -0.3 is 0 Å². The predicted molar refractivity (Wildman–Crippen MR) is 289 cm³/mol. The van der Waals surface area contributed by atoms with Crippen molar-refractivity contribution in [3.05, 3.63) is 235 Å². The van der Waals surface area contributed by atoms with Crippen molar-refractivity contribution >= 4 is 76.7 Å². The summed E-state index contributed by atoms with van der Waals surface area (Å²) in [6, 6.07) is 51.0. The van der Waals surface area contributed by atoms with Gasteiger partial charge in [-0.3, -0.25) is 0 Å². The van der Waals surface area contributed by atoms with E-state index in [1.165, 1.54) is 12.2 Å². The molecule has 78 heavy (non-hydrogen) atoms. The van der Waals surface area contributed by atoms with Gasteiger partial charge in [0.1, 0.15) is 0 Å². The number of esters is 4. The molecule has 0 radical (unpaired) electrons. The second-order valence-electron chi connectivity index (χ2n) is 17.4. The van der Waals surface area contributed by atoms with E-state index in [1.54, 1.807) is 182 Å². The average molecular weight is 1110 g/mol. The molecule has 0 fully saturated rings. The molecule has 7 rings (SSSR count). The summed E-state index contributed by atoms with van der Waals surface area (Å²) in [6.07, 6.45) is -9.27. The Morgan fingerprint density at radius 2 is 0.628 bits per heavy atom. The molecule has 404 valence electrons. The van der Waals surface area contributed by atoms with E-state index in [4.69, 9.17) is 32.5 Å². The first-order valence-corrected chi connectivity index (χ1v) is 28.4. The van der Waals surface area contributed by atoms with Crippen LogP contribution in [0.5, 0.6) is 5.75 Å². The second-order valence-corrected chi connectivity index (χ2v) is 26.5. The van der Waals surface area contributed by atoms with Crippen molar-refractivity contribution in [1.82, 2.24) is 0 Å². The van der Waals surface area contributed by atoms with Crippen LogP contribution < -0.4 is 36.5 Å². The van der Waals surface area contributed by atoms with Crippen LogP contribution in [0.3, 0.4) is 0 Å². The number of hydrogen-bond donors (Lipinski definition) is 0. The van der Waals surface area contributed by atoms with Crippen LogP contribution in [0, 0.1) is 0 Å². The number of methoxy groups -OCH3 is 4. The Hall–Kier alpha value is -7.88. The van der Waals surface area contributed by atoms with Crippen LogP contribution in [-0.4, -0.2) is 72.0 Å². The predicted octanol–water partition coefficient (Wildman–Crippen LogP) is 9.56. The Labute approximate surface area is 446 Å². The number of carbonyl (C=O) groups is 4. The van der Waals surface area contributed by atoms with Crippen molar-refractivity contribution in [3.63, 3.8) is 0 Å². The van der Waals surface area contributed by atoms with E-state index in [1.807, 2.05) is 0 Å². The van der Waals surface area contributed by atoms with Gasteiger partial charge in [0.05, 0.1) is 0 Å². The van der Waals surface area contributed by atoms with Crippen molar-refractivity contribution in [2.45, 2.75) is 12.4 Å². The van der Waals surface area contributed by atoms with Crippen LogP contribution in [0.2, 0.25) is 0 Å². The SMILES string of the molecule is COC(=O)C(=CCP(OB(Oc1cc(C(F)(F)F)cc(C(F)(F)F)c1)OP(CC=C(C(=O)OC)C(=O)OC)(c1ccccc1)(c1ccccc1)c1ccccc1)(c1ccccc1)(c1ccccc1)c1ccccc1)C(=O)OC. The standard InChI is InChI=1S/C58H51BF6O11P2/c1-70-53(66)51(54(67)71-2)35-37-77(45-23-11-5-12-24-45,46-25-13-6-14-26-46,47-27-15-7-16-28-47)75-59(74-44-40-42(57(60,61)62)39-43(41-44)58(63,64)65)76-78(48-29-17-8-18-30-48,49-31-19-9-20-32-49,50-33-21-10-22-34-50)38-36-52(55(68)72-3)56(69)73-4/h5-36,39-41H,37-38H2,1-4H3. The number of carbonyl (C=O) groups excluding carboxylic acids is 4. The molecule has 11 nitrogen and oxygen atoms in total. The number of ether oxygens (including phenoxy) is 4. The Morgan fingerprint density at radius 1 is 0.397 bits per heavy atom.